The summed E-state index contributed by atoms with van der Waals surface area (Å²) < 4.78 is 0. The minimum absolute atomic E-state index is 0.827. The van der Waals surface area contributed by atoms with E-state index < -0.39 is 0 Å². The molecule has 0 spiro atoms. The molecule has 1 aromatic heterocycles. The van der Waals surface area contributed by atoms with E-state index in [0.29, 0.717) is 0 Å². The summed E-state index contributed by atoms with van der Waals surface area (Å²) in [4.78, 5) is 4.54. The predicted octanol–water partition coefficient (Wildman–Crippen LogP) is 4.77. The fraction of sp³-hybridized carbons (Fsp3) is 0.211. The number of pyridine rings is 1. The number of benzene rings is 2. The van der Waals surface area contributed by atoms with Crippen LogP contribution < -0.4 is 5.32 Å². The third-order valence-electron chi connectivity index (χ3n) is 3.98. The summed E-state index contributed by atoms with van der Waals surface area (Å²) in [7, 11) is 0. The SMILES string of the molecule is Cc1ccc2cc(CNc3cccc(C)c3C)ccc2n1. The number of aryl methyl sites for hydroxylation is 2. The minimum Gasteiger partial charge on any atom is -0.381 e. The van der Waals surface area contributed by atoms with Gasteiger partial charge in [0.2, 0.25) is 0 Å². The molecule has 21 heavy (non-hydrogen) atoms. The first-order valence-electron chi connectivity index (χ1n) is 7.30. The van der Waals surface area contributed by atoms with Crippen molar-refractivity contribution >= 4 is 16.6 Å². The van der Waals surface area contributed by atoms with Crippen molar-refractivity contribution in [1.29, 1.82) is 0 Å². The van der Waals surface area contributed by atoms with Crippen molar-refractivity contribution in [2.75, 3.05) is 5.32 Å². The highest BCUT2D eigenvalue weighted by Gasteiger charge is 2.02. The van der Waals surface area contributed by atoms with Crippen LogP contribution in [0.3, 0.4) is 0 Å². The van der Waals surface area contributed by atoms with Crippen LogP contribution in [0.25, 0.3) is 10.9 Å². The van der Waals surface area contributed by atoms with E-state index in [4.69, 9.17) is 0 Å². The lowest BCUT2D eigenvalue weighted by molar-refractivity contribution is 1.14. The van der Waals surface area contributed by atoms with E-state index in [9.17, 15) is 0 Å². The number of nitrogens with one attached hydrogen (secondary N) is 1. The lowest BCUT2D eigenvalue weighted by Gasteiger charge is -2.12. The highest BCUT2D eigenvalue weighted by Crippen LogP contribution is 2.20. The Kier molecular flexibility index (Phi) is 3.61. The molecule has 0 atom stereocenters. The quantitative estimate of drug-likeness (QED) is 0.745. The van der Waals surface area contributed by atoms with E-state index in [2.05, 4.69) is 72.7 Å². The van der Waals surface area contributed by atoms with Crippen molar-refractivity contribution in [1.82, 2.24) is 4.98 Å². The lowest BCUT2D eigenvalue weighted by Crippen LogP contribution is -2.01. The van der Waals surface area contributed by atoms with Gasteiger partial charge in [0.25, 0.3) is 0 Å². The van der Waals surface area contributed by atoms with E-state index in [-0.39, 0.29) is 0 Å². The maximum absolute atomic E-state index is 4.54. The van der Waals surface area contributed by atoms with E-state index in [1.54, 1.807) is 0 Å². The molecule has 3 rings (SSSR count). The first kappa shape index (κ1) is 13.6. The average Bonchev–Trinajstić information content (AvgIpc) is 2.49. The maximum atomic E-state index is 4.54. The van der Waals surface area contributed by atoms with Gasteiger partial charge in [-0.1, -0.05) is 24.3 Å². The van der Waals surface area contributed by atoms with Crippen LogP contribution in [0.2, 0.25) is 0 Å². The van der Waals surface area contributed by atoms with E-state index in [1.807, 2.05) is 6.92 Å². The fourth-order valence-electron chi connectivity index (χ4n) is 2.53. The molecule has 2 heteroatoms. The maximum Gasteiger partial charge on any atom is 0.0705 e. The molecule has 3 aromatic rings. The Morgan fingerprint density at radius 3 is 2.67 bits per heavy atom. The second-order valence-corrected chi connectivity index (χ2v) is 5.58. The van der Waals surface area contributed by atoms with Gasteiger partial charge in [0.15, 0.2) is 0 Å². The molecule has 0 saturated carbocycles. The molecule has 0 aliphatic carbocycles. The molecule has 2 nitrogen and oxygen atoms in total. The van der Waals surface area contributed by atoms with Crippen LogP contribution in [0.5, 0.6) is 0 Å². The highest BCUT2D eigenvalue weighted by atomic mass is 14.9. The van der Waals surface area contributed by atoms with Crippen molar-refractivity contribution in [3.63, 3.8) is 0 Å². The third-order valence-corrected chi connectivity index (χ3v) is 3.98. The van der Waals surface area contributed by atoms with Gasteiger partial charge in [-0.05, 0) is 61.7 Å². The minimum atomic E-state index is 0.827. The van der Waals surface area contributed by atoms with Crippen molar-refractivity contribution in [2.45, 2.75) is 27.3 Å². The standard InChI is InChI=1S/C19H20N2/c1-13-5-4-6-18(15(13)3)20-12-16-8-10-19-17(11-16)9-7-14(2)21-19/h4-11,20H,12H2,1-3H3. The van der Waals surface area contributed by atoms with Gasteiger partial charge in [-0.25, -0.2) is 0 Å². The normalized spacial score (nSPS) is 10.8. The van der Waals surface area contributed by atoms with Crippen molar-refractivity contribution in [3.05, 3.63) is 70.9 Å². The number of hydrogen-bond acceptors (Lipinski definition) is 2. The summed E-state index contributed by atoms with van der Waals surface area (Å²) in [5.41, 5.74) is 7.23. The van der Waals surface area contributed by atoms with Gasteiger partial charge < -0.3 is 5.32 Å². The van der Waals surface area contributed by atoms with Crippen LogP contribution in [-0.4, -0.2) is 4.98 Å². The summed E-state index contributed by atoms with van der Waals surface area (Å²) in [5, 5.41) is 4.72. The molecule has 0 unspecified atom stereocenters. The molecular formula is C19H20N2. The Labute approximate surface area is 125 Å². The second kappa shape index (κ2) is 5.57. The molecule has 2 aromatic carbocycles. The smallest absolute Gasteiger partial charge is 0.0705 e. The number of anilines is 1. The van der Waals surface area contributed by atoms with Crippen LogP contribution in [0, 0.1) is 20.8 Å². The highest BCUT2D eigenvalue weighted by molar-refractivity contribution is 5.79. The zero-order valence-electron chi connectivity index (χ0n) is 12.8. The Morgan fingerprint density at radius 1 is 0.952 bits per heavy atom. The molecule has 1 N–H and O–H groups in total. The van der Waals surface area contributed by atoms with Gasteiger partial charge in [0, 0.05) is 23.3 Å². The first-order chi connectivity index (χ1) is 10.1. The predicted molar refractivity (Wildman–Crippen MR) is 89.7 cm³/mol. The van der Waals surface area contributed by atoms with Crippen LogP contribution in [0.4, 0.5) is 5.69 Å². The number of fused-ring (bicyclic) bond motifs is 1. The summed E-state index contributed by atoms with van der Waals surface area (Å²) in [6.45, 7) is 7.15. The molecule has 0 bridgehead atoms. The number of rotatable bonds is 3. The van der Waals surface area contributed by atoms with Gasteiger partial charge in [-0.2, -0.15) is 0 Å². The fourth-order valence-corrected chi connectivity index (χ4v) is 2.53. The number of aromatic nitrogens is 1. The molecule has 106 valence electrons. The van der Waals surface area contributed by atoms with Crippen molar-refractivity contribution < 1.29 is 0 Å². The Balaban J connectivity index is 1.82. The van der Waals surface area contributed by atoms with Gasteiger partial charge in [-0.15, -0.1) is 0 Å². The van der Waals surface area contributed by atoms with Gasteiger partial charge in [0.05, 0.1) is 5.52 Å². The van der Waals surface area contributed by atoms with Gasteiger partial charge >= 0.3 is 0 Å². The topological polar surface area (TPSA) is 24.9 Å². The molecule has 1 heterocycles. The summed E-state index contributed by atoms with van der Waals surface area (Å²) >= 11 is 0. The van der Waals surface area contributed by atoms with E-state index in [1.165, 1.54) is 27.8 Å². The first-order valence-corrected chi connectivity index (χ1v) is 7.30. The summed E-state index contributed by atoms with van der Waals surface area (Å²) in [6.07, 6.45) is 0. The molecular weight excluding hydrogens is 256 g/mol. The van der Waals surface area contributed by atoms with E-state index >= 15 is 0 Å². The Morgan fingerprint density at radius 2 is 1.81 bits per heavy atom. The molecule has 0 saturated heterocycles. The van der Waals surface area contributed by atoms with Crippen molar-refractivity contribution in [3.8, 4) is 0 Å². The monoisotopic (exact) mass is 276 g/mol. The summed E-state index contributed by atoms with van der Waals surface area (Å²) in [5.74, 6) is 0. The van der Waals surface area contributed by atoms with Crippen molar-refractivity contribution in [2.24, 2.45) is 0 Å². The Hall–Kier alpha value is -2.35. The van der Waals surface area contributed by atoms with Crippen LogP contribution in [0.15, 0.2) is 48.5 Å². The van der Waals surface area contributed by atoms with Crippen LogP contribution in [-0.2, 0) is 6.54 Å². The number of nitrogens with zero attached hydrogens (tertiary/aromatic N) is 1. The lowest BCUT2D eigenvalue weighted by atomic mass is 10.1. The summed E-state index contributed by atoms with van der Waals surface area (Å²) in [6, 6.07) is 17.0. The second-order valence-electron chi connectivity index (χ2n) is 5.58. The zero-order chi connectivity index (χ0) is 14.8. The van der Waals surface area contributed by atoms with Gasteiger partial charge in [-0.3, -0.25) is 4.98 Å². The molecule has 0 amide bonds. The third kappa shape index (κ3) is 2.89. The zero-order valence-corrected chi connectivity index (χ0v) is 12.8. The van der Waals surface area contributed by atoms with Crippen LogP contribution >= 0.6 is 0 Å². The average molecular weight is 276 g/mol. The molecule has 0 radical (unpaired) electrons. The molecule has 0 aliphatic rings. The Bertz CT molecular complexity index is 791. The van der Waals surface area contributed by atoms with Gasteiger partial charge in [0.1, 0.15) is 0 Å². The van der Waals surface area contributed by atoms with Crippen LogP contribution in [0.1, 0.15) is 22.4 Å². The molecule has 0 fully saturated rings. The molecule has 0 aliphatic heterocycles. The number of hydrogen-bond donors (Lipinski definition) is 1. The largest absolute Gasteiger partial charge is 0.381 e. The van der Waals surface area contributed by atoms with E-state index in [0.717, 1.165) is 17.8 Å².